The van der Waals surface area contributed by atoms with Crippen LogP contribution >= 0.6 is 22.9 Å². The van der Waals surface area contributed by atoms with Gasteiger partial charge in [-0.1, -0.05) is 29.8 Å². The molecule has 0 bridgehead atoms. The van der Waals surface area contributed by atoms with E-state index in [4.69, 9.17) is 11.6 Å². The van der Waals surface area contributed by atoms with E-state index in [9.17, 15) is 5.11 Å². The van der Waals surface area contributed by atoms with E-state index in [0.717, 1.165) is 22.2 Å². The number of β-amino-alcohol motifs (C(OH)–C–C–N with tert-alkyl or cyclic N) is 1. The summed E-state index contributed by atoms with van der Waals surface area (Å²) in [6.07, 6.45) is 0.599. The van der Waals surface area contributed by atoms with Gasteiger partial charge in [0.05, 0.1) is 4.34 Å². The molecule has 1 aliphatic heterocycles. The second-order valence-electron chi connectivity index (χ2n) is 4.48. The predicted octanol–water partition coefficient (Wildman–Crippen LogP) is 3.50. The van der Waals surface area contributed by atoms with Gasteiger partial charge in [-0.15, -0.1) is 11.3 Å². The largest absolute Gasteiger partial charge is 0.386 e. The zero-order valence-electron chi connectivity index (χ0n) is 9.84. The Kier molecular flexibility index (Phi) is 3.29. The lowest BCUT2D eigenvalue weighted by Crippen LogP contribution is -2.26. The van der Waals surface area contributed by atoms with Crippen LogP contribution in [0, 0.1) is 0 Å². The Labute approximate surface area is 115 Å². The first-order valence-corrected chi connectivity index (χ1v) is 7.19. The minimum absolute atomic E-state index is 0.464. The molecule has 0 aliphatic carbocycles. The molecule has 1 aromatic carbocycles. The molecule has 0 saturated carbocycles. The highest BCUT2D eigenvalue weighted by Gasteiger charge is 2.22. The summed E-state index contributed by atoms with van der Waals surface area (Å²) in [5.41, 5.74) is 2.62. The third kappa shape index (κ3) is 2.26. The molecule has 1 unspecified atom stereocenters. The molecule has 2 aromatic rings. The molecule has 3 rings (SSSR count). The Morgan fingerprint density at radius 1 is 1.28 bits per heavy atom. The van der Waals surface area contributed by atoms with Gasteiger partial charge in [-0.2, -0.15) is 0 Å². The molecular formula is C14H14ClNOS. The summed E-state index contributed by atoms with van der Waals surface area (Å²) >= 11 is 7.35. The number of anilines is 1. The molecular weight excluding hydrogens is 266 g/mol. The molecule has 0 saturated heterocycles. The second kappa shape index (κ2) is 4.92. The number of halogens is 1. The summed E-state index contributed by atoms with van der Waals surface area (Å²) in [4.78, 5) is 3.18. The molecule has 1 aromatic heterocycles. The van der Waals surface area contributed by atoms with Crippen LogP contribution in [0.2, 0.25) is 4.34 Å². The first kappa shape index (κ1) is 12.0. The summed E-state index contributed by atoms with van der Waals surface area (Å²) in [5.74, 6) is 0. The average molecular weight is 280 g/mol. The Balaban J connectivity index is 1.75. The van der Waals surface area contributed by atoms with Gasteiger partial charge in [0, 0.05) is 23.7 Å². The van der Waals surface area contributed by atoms with Crippen LogP contribution in [-0.4, -0.2) is 18.2 Å². The predicted molar refractivity (Wildman–Crippen MR) is 76.6 cm³/mol. The second-order valence-corrected chi connectivity index (χ2v) is 6.23. The van der Waals surface area contributed by atoms with Gasteiger partial charge in [-0.3, -0.25) is 0 Å². The van der Waals surface area contributed by atoms with E-state index in [0.29, 0.717) is 6.54 Å². The fourth-order valence-corrected chi connectivity index (χ4v) is 3.44. The molecule has 0 fully saturated rings. The zero-order valence-corrected chi connectivity index (χ0v) is 11.4. The highest BCUT2D eigenvalue weighted by Crippen LogP contribution is 2.32. The van der Waals surface area contributed by atoms with Gasteiger partial charge in [0.15, 0.2) is 0 Å². The SMILES string of the molecule is OC(CN1CCc2ccccc21)c1ccc(Cl)s1. The topological polar surface area (TPSA) is 23.5 Å². The highest BCUT2D eigenvalue weighted by molar-refractivity contribution is 7.16. The van der Waals surface area contributed by atoms with Crippen molar-refractivity contribution < 1.29 is 5.11 Å². The van der Waals surface area contributed by atoms with Gasteiger partial charge >= 0.3 is 0 Å². The maximum absolute atomic E-state index is 10.2. The minimum Gasteiger partial charge on any atom is -0.386 e. The first-order chi connectivity index (χ1) is 8.74. The highest BCUT2D eigenvalue weighted by atomic mass is 35.5. The standard InChI is InChI=1S/C14H14ClNOS/c15-14-6-5-13(18-14)12(17)9-16-8-7-10-3-1-2-4-11(10)16/h1-6,12,17H,7-9H2. The minimum atomic E-state index is -0.464. The molecule has 0 amide bonds. The van der Waals surface area contributed by atoms with Crippen molar-refractivity contribution in [3.63, 3.8) is 0 Å². The van der Waals surface area contributed by atoms with Crippen molar-refractivity contribution in [3.8, 4) is 0 Å². The van der Waals surface area contributed by atoms with E-state index in [1.165, 1.54) is 22.6 Å². The summed E-state index contributed by atoms with van der Waals surface area (Å²) < 4.78 is 0.728. The number of benzene rings is 1. The quantitative estimate of drug-likeness (QED) is 0.930. The Morgan fingerprint density at radius 2 is 2.11 bits per heavy atom. The number of nitrogens with zero attached hydrogens (tertiary/aromatic N) is 1. The van der Waals surface area contributed by atoms with Crippen molar-refractivity contribution >= 4 is 28.6 Å². The number of aliphatic hydroxyl groups is 1. The fourth-order valence-electron chi connectivity index (χ4n) is 2.40. The van der Waals surface area contributed by atoms with Crippen molar-refractivity contribution in [2.75, 3.05) is 18.0 Å². The van der Waals surface area contributed by atoms with E-state index >= 15 is 0 Å². The normalized spacial score (nSPS) is 15.8. The molecule has 0 spiro atoms. The molecule has 1 atom stereocenters. The van der Waals surface area contributed by atoms with Crippen LogP contribution in [0.4, 0.5) is 5.69 Å². The van der Waals surface area contributed by atoms with Crippen LogP contribution in [0.5, 0.6) is 0 Å². The third-order valence-corrected chi connectivity index (χ3v) is 4.63. The van der Waals surface area contributed by atoms with E-state index in [2.05, 4.69) is 23.1 Å². The van der Waals surface area contributed by atoms with Crippen molar-refractivity contribution in [2.45, 2.75) is 12.5 Å². The van der Waals surface area contributed by atoms with E-state index in [-0.39, 0.29) is 0 Å². The van der Waals surface area contributed by atoms with Crippen LogP contribution in [-0.2, 0) is 6.42 Å². The summed E-state index contributed by atoms with van der Waals surface area (Å²) in [6, 6.07) is 12.1. The maximum atomic E-state index is 10.2. The van der Waals surface area contributed by atoms with Crippen LogP contribution in [0.3, 0.4) is 0 Å². The van der Waals surface area contributed by atoms with Crippen molar-refractivity contribution in [1.82, 2.24) is 0 Å². The van der Waals surface area contributed by atoms with E-state index < -0.39 is 6.10 Å². The van der Waals surface area contributed by atoms with Crippen molar-refractivity contribution in [1.29, 1.82) is 0 Å². The van der Waals surface area contributed by atoms with Gasteiger partial charge in [0.25, 0.3) is 0 Å². The number of hydrogen-bond donors (Lipinski definition) is 1. The lowest BCUT2D eigenvalue weighted by atomic mass is 10.2. The lowest BCUT2D eigenvalue weighted by molar-refractivity contribution is 0.188. The zero-order chi connectivity index (χ0) is 12.5. The van der Waals surface area contributed by atoms with Crippen LogP contribution < -0.4 is 4.90 Å². The molecule has 2 heterocycles. The van der Waals surface area contributed by atoms with E-state index in [1.54, 1.807) is 0 Å². The monoisotopic (exact) mass is 279 g/mol. The average Bonchev–Trinajstić information content (AvgIpc) is 2.97. The molecule has 1 aliphatic rings. The third-order valence-electron chi connectivity index (χ3n) is 3.30. The number of rotatable bonds is 3. The van der Waals surface area contributed by atoms with Gasteiger partial charge in [-0.25, -0.2) is 0 Å². The van der Waals surface area contributed by atoms with Gasteiger partial charge in [0.1, 0.15) is 6.10 Å². The van der Waals surface area contributed by atoms with Crippen LogP contribution in [0.15, 0.2) is 36.4 Å². The van der Waals surface area contributed by atoms with Gasteiger partial charge in [0.2, 0.25) is 0 Å². The van der Waals surface area contributed by atoms with Crippen molar-refractivity contribution in [3.05, 3.63) is 51.2 Å². The molecule has 2 nitrogen and oxygen atoms in total. The number of aliphatic hydroxyl groups excluding tert-OH is 1. The van der Waals surface area contributed by atoms with Crippen LogP contribution in [0.25, 0.3) is 0 Å². The first-order valence-electron chi connectivity index (χ1n) is 6.00. The molecule has 1 N–H and O–H groups in total. The molecule has 0 radical (unpaired) electrons. The molecule has 4 heteroatoms. The maximum Gasteiger partial charge on any atom is 0.106 e. The lowest BCUT2D eigenvalue weighted by Gasteiger charge is -2.22. The summed E-state index contributed by atoms with van der Waals surface area (Å²) in [5, 5.41) is 10.2. The molecule has 18 heavy (non-hydrogen) atoms. The smallest absolute Gasteiger partial charge is 0.106 e. The van der Waals surface area contributed by atoms with Crippen LogP contribution in [0.1, 0.15) is 16.5 Å². The number of hydrogen-bond acceptors (Lipinski definition) is 3. The van der Waals surface area contributed by atoms with Gasteiger partial charge in [-0.05, 0) is 30.2 Å². The molecule has 94 valence electrons. The Hall–Kier alpha value is -1.03. The fraction of sp³-hybridized carbons (Fsp3) is 0.286. The Bertz CT molecular complexity index is 554. The number of para-hydroxylation sites is 1. The Morgan fingerprint density at radius 3 is 2.89 bits per heavy atom. The summed E-state index contributed by atoms with van der Waals surface area (Å²) in [7, 11) is 0. The van der Waals surface area contributed by atoms with Crippen molar-refractivity contribution in [2.24, 2.45) is 0 Å². The van der Waals surface area contributed by atoms with E-state index in [1.807, 2.05) is 18.2 Å². The number of fused-ring (bicyclic) bond motifs is 1. The van der Waals surface area contributed by atoms with Gasteiger partial charge < -0.3 is 10.0 Å². The summed E-state index contributed by atoms with van der Waals surface area (Å²) in [6.45, 7) is 1.61. The number of thiophene rings is 1.